The number of hydrogen-bond acceptors (Lipinski definition) is 4. The molecule has 2 rings (SSSR count). The fraction of sp³-hybridized carbons (Fsp3) is 0.471. The number of halogens is 1. The van der Waals surface area contributed by atoms with Gasteiger partial charge in [-0.1, -0.05) is 31.4 Å². The van der Waals surface area contributed by atoms with Crippen molar-refractivity contribution < 1.29 is 19.1 Å². The van der Waals surface area contributed by atoms with Crippen molar-refractivity contribution in [1.29, 1.82) is 0 Å². The van der Waals surface area contributed by atoms with Crippen molar-refractivity contribution >= 4 is 33.8 Å². The number of amides is 3. The van der Waals surface area contributed by atoms with Gasteiger partial charge < -0.3 is 10.1 Å². The second kappa shape index (κ2) is 8.82. The first kappa shape index (κ1) is 18.4. The van der Waals surface area contributed by atoms with Crippen molar-refractivity contribution in [3.63, 3.8) is 0 Å². The summed E-state index contributed by atoms with van der Waals surface area (Å²) in [5, 5.41) is 5.00. The summed E-state index contributed by atoms with van der Waals surface area (Å²) in [4.78, 5) is 35.9. The van der Waals surface area contributed by atoms with E-state index in [1.807, 2.05) is 0 Å². The minimum Gasteiger partial charge on any atom is -0.449 e. The zero-order chi connectivity index (χ0) is 17.5. The molecular formula is C17H21BrN2O4. The van der Waals surface area contributed by atoms with Crippen molar-refractivity contribution in [2.24, 2.45) is 0 Å². The van der Waals surface area contributed by atoms with Gasteiger partial charge in [0.05, 0.1) is 5.56 Å². The van der Waals surface area contributed by atoms with Gasteiger partial charge in [-0.05, 0) is 47.8 Å². The van der Waals surface area contributed by atoms with Gasteiger partial charge in [-0.15, -0.1) is 0 Å². The summed E-state index contributed by atoms with van der Waals surface area (Å²) in [5.41, 5.74) is 0.323. The lowest BCUT2D eigenvalue weighted by molar-refractivity contribution is -0.127. The molecule has 1 aliphatic carbocycles. The fourth-order valence-electron chi connectivity index (χ4n) is 2.59. The van der Waals surface area contributed by atoms with Crippen molar-refractivity contribution in [2.45, 2.75) is 51.2 Å². The Morgan fingerprint density at radius 3 is 2.50 bits per heavy atom. The Labute approximate surface area is 149 Å². The molecule has 24 heavy (non-hydrogen) atoms. The fourth-order valence-corrected chi connectivity index (χ4v) is 3.03. The highest BCUT2D eigenvalue weighted by Gasteiger charge is 2.23. The van der Waals surface area contributed by atoms with Gasteiger partial charge in [-0.25, -0.2) is 9.59 Å². The summed E-state index contributed by atoms with van der Waals surface area (Å²) in [6.07, 6.45) is 4.13. The average molecular weight is 397 g/mol. The predicted molar refractivity (Wildman–Crippen MR) is 92.6 cm³/mol. The van der Waals surface area contributed by atoms with Crippen molar-refractivity contribution in [3.05, 3.63) is 34.3 Å². The Morgan fingerprint density at radius 1 is 1.17 bits per heavy atom. The van der Waals surface area contributed by atoms with E-state index >= 15 is 0 Å². The van der Waals surface area contributed by atoms with Crippen molar-refractivity contribution in [3.8, 4) is 0 Å². The third kappa shape index (κ3) is 5.33. The van der Waals surface area contributed by atoms with Gasteiger partial charge in [0, 0.05) is 10.5 Å². The Morgan fingerprint density at radius 2 is 1.83 bits per heavy atom. The molecule has 0 saturated heterocycles. The maximum Gasteiger partial charge on any atom is 0.340 e. The molecule has 0 aliphatic heterocycles. The van der Waals surface area contributed by atoms with Crippen LogP contribution < -0.4 is 10.6 Å². The monoisotopic (exact) mass is 396 g/mol. The van der Waals surface area contributed by atoms with E-state index in [9.17, 15) is 14.4 Å². The van der Waals surface area contributed by atoms with Gasteiger partial charge in [0.15, 0.2) is 6.10 Å². The molecule has 1 saturated carbocycles. The molecule has 3 amide bonds. The largest absolute Gasteiger partial charge is 0.449 e. The molecule has 0 radical (unpaired) electrons. The highest BCUT2D eigenvalue weighted by Crippen LogP contribution is 2.18. The normalized spacial score (nSPS) is 16.1. The van der Waals surface area contributed by atoms with Gasteiger partial charge in [0.1, 0.15) is 0 Å². The molecule has 0 unspecified atom stereocenters. The lowest BCUT2D eigenvalue weighted by Crippen LogP contribution is -2.48. The number of urea groups is 1. The summed E-state index contributed by atoms with van der Waals surface area (Å²) in [7, 11) is 0. The zero-order valence-corrected chi connectivity index (χ0v) is 15.1. The molecule has 0 heterocycles. The highest BCUT2D eigenvalue weighted by molar-refractivity contribution is 9.10. The first-order valence-electron chi connectivity index (χ1n) is 8.04. The van der Waals surface area contributed by atoms with Crippen LogP contribution in [0, 0.1) is 0 Å². The van der Waals surface area contributed by atoms with Crippen LogP contribution in [-0.2, 0) is 9.53 Å². The van der Waals surface area contributed by atoms with Crippen LogP contribution in [0.1, 0.15) is 49.4 Å². The quantitative estimate of drug-likeness (QED) is 0.765. The number of rotatable bonds is 4. The third-order valence-electron chi connectivity index (χ3n) is 3.92. The van der Waals surface area contributed by atoms with E-state index in [1.54, 1.807) is 24.3 Å². The number of carbonyl (C=O) groups is 3. The first-order valence-corrected chi connectivity index (χ1v) is 8.83. The topological polar surface area (TPSA) is 84.5 Å². The van der Waals surface area contributed by atoms with Crippen LogP contribution in [0.4, 0.5) is 4.79 Å². The van der Waals surface area contributed by atoms with Gasteiger partial charge >= 0.3 is 12.0 Å². The van der Waals surface area contributed by atoms with Gasteiger partial charge in [0.25, 0.3) is 5.91 Å². The van der Waals surface area contributed by atoms with E-state index in [0.29, 0.717) is 10.0 Å². The minimum absolute atomic E-state index is 0.102. The van der Waals surface area contributed by atoms with Crippen LogP contribution in [0.3, 0.4) is 0 Å². The number of carbonyl (C=O) groups excluding carboxylic acids is 3. The number of esters is 1. The van der Waals surface area contributed by atoms with E-state index in [2.05, 4.69) is 26.6 Å². The SMILES string of the molecule is C[C@H](OC(=O)c1ccccc1Br)C(=O)NC(=O)NC1CCCCC1. The Balaban J connectivity index is 1.82. The summed E-state index contributed by atoms with van der Waals surface area (Å²) >= 11 is 3.25. The van der Waals surface area contributed by atoms with Gasteiger partial charge in [0.2, 0.25) is 0 Å². The van der Waals surface area contributed by atoms with E-state index in [1.165, 1.54) is 13.3 Å². The average Bonchev–Trinajstić information content (AvgIpc) is 2.55. The molecule has 2 N–H and O–H groups in total. The third-order valence-corrected chi connectivity index (χ3v) is 4.62. The van der Waals surface area contributed by atoms with E-state index in [0.717, 1.165) is 25.7 Å². The van der Waals surface area contributed by atoms with E-state index in [-0.39, 0.29) is 6.04 Å². The number of benzene rings is 1. The molecule has 1 atom stereocenters. The summed E-state index contributed by atoms with van der Waals surface area (Å²) < 4.78 is 5.69. The Kier molecular flexibility index (Phi) is 6.78. The van der Waals surface area contributed by atoms with Crippen molar-refractivity contribution in [2.75, 3.05) is 0 Å². The Bertz CT molecular complexity index is 614. The summed E-state index contributed by atoms with van der Waals surface area (Å²) in [5.74, 6) is -1.28. The molecule has 0 spiro atoms. The summed E-state index contributed by atoms with van der Waals surface area (Å²) in [6, 6.07) is 6.32. The maximum atomic E-state index is 12.1. The number of imide groups is 1. The van der Waals surface area contributed by atoms with Crippen molar-refractivity contribution in [1.82, 2.24) is 10.6 Å². The molecule has 7 heteroatoms. The van der Waals surface area contributed by atoms with Crippen LogP contribution >= 0.6 is 15.9 Å². The van der Waals surface area contributed by atoms with E-state index in [4.69, 9.17) is 4.74 Å². The van der Waals surface area contributed by atoms with Crippen LogP contribution in [0.2, 0.25) is 0 Å². The molecule has 1 aromatic rings. The molecule has 130 valence electrons. The lowest BCUT2D eigenvalue weighted by Gasteiger charge is -2.23. The van der Waals surface area contributed by atoms with Gasteiger partial charge in [-0.2, -0.15) is 0 Å². The smallest absolute Gasteiger partial charge is 0.340 e. The second-order valence-corrected chi connectivity index (χ2v) is 6.68. The molecule has 0 aromatic heterocycles. The first-order chi connectivity index (χ1) is 11.5. The minimum atomic E-state index is -1.07. The number of hydrogen-bond donors (Lipinski definition) is 2. The zero-order valence-electron chi connectivity index (χ0n) is 13.5. The van der Waals surface area contributed by atoms with Crippen LogP contribution in [-0.4, -0.2) is 30.1 Å². The lowest BCUT2D eigenvalue weighted by atomic mass is 9.96. The Hall–Kier alpha value is -1.89. The predicted octanol–water partition coefficient (Wildman–Crippen LogP) is 3.15. The molecule has 1 fully saturated rings. The van der Waals surface area contributed by atoms with Crippen LogP contribution in [0.15, 0.2) is 28.7 Å². The number of ether oxygens (including phenoxy) is 1. The molecule has 0 bridgehead atoms. The number of nitrogens with one attached hydrogen (secondary N) is 2. The molecule has 1 aromatic carbocycles. The highest BCUT2D eigenvalue weighted by atomic mass is 79.9. The van der Waals surface area contributed by atoms with Crippen LogP contribution in [0.5, 0.6) is 0 Å². The molecule has 1 aliphatic rings. The molecular weight excluding hydrogens is 376 g/mol. The summed E-state index contributed by atoms with van der Waals surface area (Å²) in [6.45, 7) is 1.43. The van der Waals surface area contributed by atoms with E-state index < -0.39 is 24.0 Å². The second-order valence-electron chi connectivity index (χ2n) is 5.83. The van der Waals surface area contributed by atoms with Gasteiger partial charge in [-0.3, -0.25) is 10.1 Å². The standard InChI is InChI=1S/C17H21BrN2O4/c1-11(24-16(22)13-9-5-6-10-14(13)18)15(21)20-17(23)19-12-7-3-2-4-8-12/h5-6,9-12H,2-4,7-8H2,1H3,(H2,19,20,21,23)/t11-/m0/s1. The maximum absolute atomic E-state index is 12.1. The molecule has 6 nitrogen and oxygen atoms in total. The van der Waals surface area contributed by atoms with Crippen LogP contribution in [0.25, 0.3) is 0 Å².